The van der Waals surface area contributed by atoms with Crippen molar-refractivity contribution in [1.29, 1.82) is 5.41 Å². The molecule has 0 aliphatic heterocycles. The summed E-state index contributed by atoms with van der Waals surface area (Å²) in [7, 11) is 0. The number of alkyl halides is 3. The molecular formula is C22H27F3N6O2. The van der Waals surface area contributed by atoms with Gasteiger partial charge in [-0.2, -0.15) is 13.2 Å². The Morgan fingerprint density at radius 1 is 1.30 bits per heavy atom. The van der Waals surface area contributed by atoms with Gasteiger partial charge in [0, 0.05) is 36.1 Å². The number of amides is 1. The Hall–Kier alpha value is -3.37. The van der Waals surface area contributed by atoms with Gasteiger partial charge in [-0.15, -0.1) is 0 Å². The molecule has 3 rings (SSSR count). The number of carbonyl (C=O) groups is 1. The third-order valence-electron chi connectivity index (χ3n) is 5.14. The van der Waals surface area contributed by atoms with Gasteiger partial charge in [-0.05, 0) is 49.9 Å². The Morgan fingerprint density at radius 2 is 2.03 bits per heavy atom. The van der Waals surface area contributed by atoms with Crippen molar-refractivity contribution in [2.45, 2.75) is 45.8 Å². The first-order valence-electron chi connectivity index (χ1n) is 10.6. The number of anilines is 1. The minimum atomic E-state index is -4.45. The quantitative estimate of drug-likeness (QED) is 0.387. The number of nitrogens with one attached hydrogen (secondary N) is 2. The van der Waals surface area contributed by atoms with Crippen LogP contribution in [0, 0.1) is 25.2 Å². The maximum absolute atomic E-state index is 12.7. The molecule has 0 atom stereocenters. The summed E-state index contributed by atoms with van der Waals surface area (Å²) < 4.78 is 41.7. The lowest BCUT2D eigenvalue weighted by molar-refractivity contribution is -0.154. The highest BCUT2D eigenvalue weighted by molar-refractivity contribution is 5.97. The smallest absolute Gasteiger partial charge is 0.422 e. The van der Waals surface area contributed by atoms with Crippen LogP contribution in [0.5, 0.6) is 5.88 Å². The predicted molar refractivity (Wildman–Crippen MR) is 117 cm³/mol. The van der Waals surface area contributed by atoms with Crippen molar-refractivity contribution >= 4 is 17.7 Å². The van der Waals surface area contributed by atoms with E-state index >= 15 is 0 Å². The van der Waals surface area contributed by atoms with Gasteiger partial charge in [-0.1, -0.05) is 12.8 Å². The fraction of sp³-hybridized carbons (Fsp3) is 0.455. The van der Waals surface area contributed by atoms with E-state index < -0.39 is 12.8 Å². The minimum Gasteiger partial charge on any atom is -0.468 e. The van der Waals surface area contributed by atoms with Gasteiger partial charge >= 0.3 is 6.18 Å². The van der Waals surface area contributed by atoms with Crippen LogP contribution in [0.15, 0.2) is 24.4 Å². The van der Waals surface area contributed by atoms with Crippen LogP contribution in [-0.2, 0) is 6.54 Å². The Labute approximate surface area is 189 Å². The predicted octanol–water partition coefficient (Wildman–Crippen LogP) is 3.46. The number of aryl methyl sites for hydroxylation is 2. The molecule has 1 amide bonds. The highest BCUT2D eigenvalue weighted by Gasteiger charge is 2.29. The van der Waals surface area contributed by atoms with E-state index in [4.69, 9.17) is 15.9 Å². The molecule has 0 radical (unpaired) electrons. The molecule has 1 fully saturated rings. The molecule has 178 valence electrons. The lowest BCUT2D eigenvalue weighted by atomic mass is 10.1. The Bertz CT molecular complexity index is 1020. The molecule has 2 aromatic rings. The standard InChI is InChI=1S/C22H27F3N6O2/c1-13-7-16(11-29-20(13)33-12-22(23,24)25)10-28-19(32)17-8-14(2)30-18(9-17)31(21(26)27)6-5-15-3-4-15/h7-9,11,15H,3-6,10,12H2,1-2H3,(H3,26,27)(H,28,32). The van der Waals surface area contributed by atoms with Crippen LogP contribution >= 0.6 is 0 Å². The highest BCUT2D eigenvalue weighted by Crippen LogP contribution is 2.33. The molecular weight excluding hydrogens is 437 g/mol. The average molecular weight is 464 g/mol. The highest BCUT2D eigenvalue weighted by atomic mass is 19.4. The van der Waals surface area contributed by atoms with Gasteiger partial charge in [0.25, 0.3) is 5.91 Å². The Balaban J connectivity index is 1.65. The summed E-state index contributed by atoms with van der Waals surface area (Å²) in [5.41, 5.74) is 7.77. The number of guanidine groups is 1. The summed E-state index contributed by atoms with van der Waals surface area (Å²) in [6, 6.07) is 4.83. The molecule has 4 N–H and O–H groups in total. The number of hydrogen-bond donors (Lipinski definition) is 3. The van der Waals surface area contributed by atoms with E-state index in [0.717, 1.165) is 6.42 Å². The van der Waals surface area contributed by atoms with Crippen LogP contribution < -0.4 is 20.7 Å². The van der Waals surface area contributed by atoms with E-state index in [1.165, 1.54) is 19.0 Å². The van der Waals surface area contributed by atoms with Crippen LogP contribution in [0.25, 0.3) is 0 Å². The fourth-order valence-corrected chi connectivity index (χ4v) is 3.30. The van der Waals surface area contributed by atoms with Crippen molar-refractivity contribution in [1.82, 2.24) is 15.3 Å². The average Bonchev–Trinajstić information content (AvgIpc) is 3.54. The van der Waals surface area contributed by atoms with Crippen molar-refractivity contribution in [3.63, 3.8) is 0 Å². The van der Waals surface area contributed by atoms with E-state index in [9.17, 15) is 18.0 Å². The summed E-state index contributed by atoms with van der Waals surface area (Å²) in [5, 5.41) is 10.7. The fourth-order valence-electron chi connectivity index (χ4n) is 3.30. The Kier molecular flexibility index (Phi) is 7.39. The van der Waals surface area contributed by atoms with Gasteiger partial charge in [0.1, 0.15) is 5.82 Å². The second-order valence-electron chi connectivity index (χ2n) is 8.18. The third-order valence-corrected chi connectivity index (χ3v) is 5.14. The Morgan fingerprint density at radius 3 is 2.64 bits per heavy atom. The molecule has 0 aromatic carbocycles. The number of aromatic nitrogens is 2. The van der Waals surface area contributed by atoms with Crippen molar-refractivity contribution in [2.75, 3.05) is 18.1 Å². The minimum absolute atomic E-state index is 0.104. The number of carbonyl (C=O) groups excluding carboxylic acids is 1. The zero-order valence-corrected chi connectivity index (χ0v) is 18.5. The van der Waals surface area contributed by atoms with Gasteiger partial charge in [-0.25, -0.2) is 9.97 Å². The van der Waals surface area contributed by atoms with Crippen molar-refractivity contribution in [2.24, 2.45) is 11.7 Å². The van der Waals surface area contributed by atoms with Gasteiger partial charge in [-0.3, -0.25) is 15.1 Å². The second-order valence-corrected chi connectivity index (χ2v) is 8.18. The van der Waals surface area contributed by atoms with Gasteiger partial charge in [0.2, 0.25) is 5.88 Å². The number of nitrogens with zero attached hydrogens (tertiary/aromatic N) is 3. The SMILES string of the molecule is Cc1cc(C(=O)NCc2cnc(OCC(F)(F)F)c(C)c2)cc(N(CCC2CC2)C(=N)N)n1. The molecule has 0 spiro atoms. The summed E-state index contributed by atoms with van der Waals surface area (Å²) in [6.07, 6.45) is 0.191. The van der Waals surface area contributed by atoms with E-state index in [0.29, 0.717) is 40.7 Å². The number of ether oxygens (including phenoxy) is 1. The zero-order chi connectivity index (χ0) is 24.2. The molecule has 2 aromatic heterocycles. The number of halogens is 3. The molecule has 11 heteroatoms. The van der Waals surface area contributed by atoms with Crippen LogP contribution in [0.3, 0.4) is 0 Å². The second kappa shape index (κ2) is 10.1. The van der Waals surface area contributed by atoms with Crippen LogP contribution in [0.2, 0.25) is 0 Å². The number of nitrogens with two attached hydrogens (primary N) is 1. The van der Waals surface area contributed by atoms with Crippen molar-refractivity contribution < 1.29 is 22.7 Å². The molecule has 1 aliphatic carbocycles. The van der Waals surface area contributed by atoms with E-state index in [1.54, 1.807) is 36.9 Å². The lowest BCUT2D eigenvalue weighted by Gasteiger charge is -2.22. The van der Waals surface area contributed by atoms with Crippen molar-refractivity contribution in [3.8, 4) is 5.88 Å². The first-order valence-corrected chi connectivity index (χ1v) is 10.6. The first-order chi connectivity index (χ1) is 15.5. The molecule has 8 nitrogen and oxygen atoms in total. The topological polar surface area (TPSA) is 117 Å². The number of hydrogen-bond acceptors (Lipinski definition) is 5. The van der Waals surface area contributed by atoms with Crippen LogP contribution in [-0.4, -0.2) is 41.2 Å². The maximum atomic E-state index is 12.7. The summed E-state index contributed by atoms with van der Waals surface area (Å²) in [5.74, 6) is 0.503. The van der Waals surface area contributed by atoms with Crippen LogP contribution in [0.1, 0.15) is 46.4 Å². The molecule has 0 bridgehead atoms. The lowest BCUT2D eigenvalue weighted by Crippen LogP contribution is -2.38. The molecule has 0 saturated heterocycles. The molecule has 0 unspecified atom stereocenters. The summed E-state index contributed by atoms with van der Waals surface area (Å²) in [4.78, 5) is 22.7. The third kappa shape index (κ3) is 7.33. The summed E-state index contributed by atoms with van der Waals surface area (Å²) in [6.45, 7) is 2.61. The van der Waals surface area contributed by atoms with Crippen molar-refractivity contribution in [3.05, 3.63) is 46.8 Å². The molecule has 2 heterocycles. The van der Waals surface area contributed by atoms with Gasteiger partial charge < -0.3 is 15.8 Å². The number of pyridine rings is 2. The van der Waals surface area contributed by atoms with Gasteiger partial charge in [0.15, 0.2) is 12.6 Å². The molecule has 1 saturated carbocycles. The molecule has 33 heavy (non-hydrogen) atoms. The van der Waals surface area contributed by atoms with E-state index in [2.05, 4.69) is 15.3 Å². The zero-order valence-electron chi connectivity index (χ0n) is 18.5. The first kappa shape index (κ1) is 24.3. The van der Waals surface area contributed by atoms with Crippen LogP contribution in [0.4, 0.5) is 19.0 Å². The van der Waals surface area contributed by atoms with E-state index in [1.807, 2.05) is 0 Å². The summed E-state index contributed by atoms with van der Waals surface area (Å²) >= 11 is 0. The van der Waals surface area contributed by atoms with Gasteiger partial charge in [0.05, 0.1) is 0 Å². The molecule has 1 aliphatic rings. The number of rotatable bonds is 9. The van der Waals surface area contributed by atoms with E-state index in [-0.39, 0.29) is 24.3 Å². The normalized spacial score (nSPS) is 13.5. The largest absolute Gasteiger partial charge is 0.468 e. The maximum Gasteiger partial charge on any atom is 0.422 e. The monoisotopic (exact) mass is 464 g/mol.